The summed E-state index contributed by atoms with van der Waals surface area (Å²) in [7, 11) is -3.19. The first-order chi connectivity index (χ1) is 7.39. The van der Waals surface area contributed by atoms with Crippen molar-refractivity contribution in [3.05, 3.63) is 35.4 Å². The van der Waals surface area contributed by atoms with Crippen molar-refractivity contribution < 1.29 is 8.42 Å². The average Bonchev–Trinajstić information content (AvgIpc) is 2.19. The molecule has 0 atom stereocenters. The molecule has 0 fully saturated rings. The summed E-state index contributed by atoms with van der Waals surface area (Å²) in [6.45, 7) is 6.44. The zero-order valence-electron chi connectivity index (χ0n) is 10.0. The first-order valence-electron chi connectivity index (χ1n) is 5.42. The van der Waals surface area contributed by atoms with Crippen LogP contribution in [-0.4, -0.2) is 15.0 Å². The number of hydrogen-bond acceptors (Lipinski definition) is 2. The molecule has 0 unspecified atom stereocenters. The van der Waals surface area contributed by atoms with E-state index in [2.05, 4.69) is 4.72 Å². The van der Waals surface area contributed by atoms with Gasteiger partial charge in [-0.1, -0.05) is 43.7 Å². The van der Waals surface area contributed by atoms with Crippen LogP contribution >= 0.6 is 0 Å². The number of rotatable bonds is 5. The van der Waals surface area contributed by atoms with E-state index >= 15 is 0 Å². The zero-order valence-corrected chi connectivity index (χ0v) is 10.8. The molecule has 0 heterocycles. The first-order valence-corrected chi connectivity index (χ1v) is 7.07. The quantitative estimate of drug-likeness (QED) is 0.857. The minimum atomic E-state index is -3.19. The minimum absolute atomic E-state index is 0.0556. The predicted octanol–water partition coefficient (Wildman–Crippen LogP) is 2.07. The summed E-state index contributed by atoms with van der Waals surface area (Å²) in [6, 6.07) is 7.55. The zero-order chi connectivity index (χ0) is 12.2. The van der Waals surface area contributed by atoms with E-state index in [0.717, 1.165) is 11.1 Å². The Hall–Kier alpha value is -0.870. The van der Waals surface area contributed by atoms with E-state index in [9.17, 15) is 8.42 Å². The fourth-order valence-corrected chi connectivity index (χ4v) is 2.57. The summed E-state index contributed by atoms with van der Waals surface area (Å²) < 4.78 is 26.0. The standard InChI is InChI=1S/C12H19NO2S/c1-10(2)8-13-16(14,15)9-12-6-4-11(3)5-7-12/h4-7,10,13H,8-9H2,1-3H3. The smallest absolute Gasteiger partial charge is 0.215 e. The van der Waals surface area contributed by atoms with Crippen LogP contribution in [0.1, 0.15) is 25.0 Å². The second-order valence-electron chi connectivity index (χ2n) is 4.49. The normalized spacial score (nSPS) is 12.0. The summed E-state index contributed by atoms with van der Waals surface area (Å²) in [4.78, 5) is 0. The molecule has 0 aliphatic rings. The Morgan fingerprint density at radius 1 is 1.19 bits per heavy atom. The SMILES string of the molecule is Cc1ccc(CS(=O)(=O)NCC(C)C)cc1. The molecule has 1 aromatic rings. The molecule has 3 nitrogen and oxygen atoms in total. The van der Waals surface area contributed by atoms with Gasteiger partial charge in [-0.05, 0) is 18.4 Å². The monoisotopic (exact) mass is 241 g/mol. The third-order valence-electron chi connectivity index (χ3n) is 2.19. The van der Waals surface area contributed by atoms with Crippen LogP contribution in [0.4, 0.5) is 0 Å². The van der Waals surface area contributed by atoms with Crippen molar-refractivity contribution in [2.24, 2.45) is 5.92 Å². The van der Waals surface area contributed by atoms with Crippen molar-refractivity contribution in [2.45, 2.75) is 26.5 Å². The van der Waals surface area contributed by atoms with Gasteiger partial charge in [-0.25, -0.2) is 13.1 Å². The van der Waals surface area contributed by atoms with Gasteiger partial charge in [-0.15, -0.1) is 0 Å². The van der Waals surface area contributed by atoms with Crippen LogP contribution in [0.25, 0.3) is 0 Å². The maximum absolute atomic E-state index is 11.7. The number of benzene rings is 1. The van der Waals surface area contributed by atoms with E-state index in [1.807, 2.05) is 45.0 Å². The van der Waals surface area contributed by atoms with Gasteiger partial charge >= 0.3 is 0 Å². The van der Waals surface area contributed by atoms with Gasteiger partial charge in [0, 0.05) is 6.54 Å². The molecule has 1 N–H and O–H groups in total. The lowest BCUT2D eigenvalue weighted by atomic mass is 10.2. The molecule has 90 valence electrons. The number of sulfonamides is 1. The molecule has 0 aliphatic carbocycles. The van der Waals surface area contributed by atoms with Gasteiger partial charge < -0.3 is 0 Å². The largest absolute Gasteiger partial charge is 0.215 e. The van der Waals surface area contributed by atoms with Crippen LogP contribution < -0.4 is 4.72 Å². The molecule has 1 aromatic carbocycles. The van der Waals surface area contributed by atoms with Crippen LogP contribution in [0.2, 0.25) is 0 Å². The van der Waals surface area contributed by atoms with Crippen molar-refractivity contribution in [3.8, 4) is 0 Å². The second-order valence-corrected chi connectivity index (χ2v) is 6.29. The maximum atomic E-state index is 11.7. The maximum Gasteiger partial charge on any atom is 0.215 e. The van der Waals surface area contributed by atoms with Crippen molar-refractivity contribution >= 4 is 10.0 Å². The van der Waals surface area contributed by atoms with E-state index in [-0.39, 0.29) is 5.75 Å². The highest BCUT2D eigenvalue weighted by Gasteiger charge is 2.11. The number of aryl methyl sites for hydroxylation is 1. The fourth-order valence-electron chi connectivity index (χ4n) is 1.25. The lowest BCUT2D eigenvalue weighted by molar-refractivity contribution is 0.559. The Balaban J connectivity index is 2.62. The highest BCUT2D eigenvalue weighted by atomic mass is 32.2. The van der Waals surface area contributed by atoms with Crippen molar-refractivity contribution in [1.82, 2.24) is 4.72 Å². The van der Waals surface area contributed by atoms with Gasteiger partial charge in [0.15, 0.2) is 0 Å². The number of nitrogens with one attached hydrogen (secondary N) is 1. The van der Waals surface area contributed by atoms with Gasteiger partial charge in [-0.3, -0.25) is 0 Å². The molecule has 1 rings (SSSR count). The predicted molar refractivity (Wildman–Crippen MR) is 66.6 cm³/mol. The fraction of sp³-hybridized carbons (Fsp3) is 0.500. The Morgan fingerprint density at radius 2 is 1.75 bits per heavy atom. The van der Waals surface area contributed by atoms with E-state index in [4.69, 9.17) is 0 Å². The summed E-state index contributed by atoms with van der Waals surface area (Å²) in [6.07, 6.45) is 0. The Bertz CT molecular complexity index is 421. The Morgan fingerprint density at radius 3 is 2.25 bits per heavy atom. The molecule has 0 bridgehead atoms. The highest BCUT2D eigenvalue weighted by Crippen LogP contribution is 2.07. The van der Waals surface area contributed by atoms with Gasteiger partial charge in [-0.2, -0.15) is 0 Å². The third kappa shape index (κ3) is 4.77. The third-order valence-corrected chi connectivity index (χ3v) is 3.51. The molecule has 0 saturated heterocycles. The molecular weight excluding hydrogens is 222 g/mol. The van der Waals surface area contributed by atoms with Crippen LogP contribution in [0, 0.1) is 12.8 Å². The van der Waals surface area contributed by atoms with Crippen molar-refractivity contribution in [3.63, 3.8) is 0 Å². The second kappa shape index (κ2) is 5.46. The molecule has 0 spiro atoms. The van der Waals surface area contributed by atoms with E-state index in [0.29, 0.717) is 12.5 Å². The van der Waals surface area contributed by atoms with Crippen LogP contribution in [-0.2, 0) is 15.8 Å². The lowest BCUT2D eigenvalue weighted by Gasteiger charge is -2.08. The summed E-state index contributed by atoms with van der Waals surface area (Å²) in [5.74, 6) is 0.382. The van der Waals surface area contributed by atoms with E-state index in [1.54, 1.807) is 0 Å². The van der Waals surface area contributed by atoms with Crippen molar-refractivity contribution in [2.75, 3.05) is 6.54 Å². The topological polar surface area (TPSA) is 46.2 Å². The van der Waals surface area contributed by atoms with Gasteiger partial charge in [0.05, 0.1) is 5.75 Å². The summed E-state index contributed by atoms with van der Waals surface area (Å²) >= 11 is 0. The van der Waals surface area contributed by atoms with E-state index in [1.165, 1.54) is 0 Å². The molecule has 0 aromatic heterocycles. The molecule has 0 aliphatic heterocycles. The van der Waals surface area contributed by atoms with E-state index < -0.39 is 10.0 Å². The van der Waals surface area contributed by atoms with Crippen LogP contribution in [0.3, 0.4) is 0 Å². The van der Waals surface area contributed by atoms with Gasteiger partial charge in [0.2, 0.25) is 10.0 Å². The molecule has 16 heavy (non-hydrogen) atoms. The van der Waals surface area contributed by atoms with Crippen LogP contribution in [0.5, 0.6) is 0 Å². The molecule has 0 radical (unpaired) electrons. The summed E-state index contributed by atoms with van der Waals surface area (Å²) in [5, 5.41) is 0. The Kier molecular flexibility index (Phi) is 4.50. The highest BCUT2D eigenvalue weighted by molar-refractivity contribution is 7.88. The average molecular weight is 241 g/mol. The molecule has 4 heteroatoms. The molecule has 0 saturated carbocycles. The van der Waals surface area contributed by atoms with Crippen LogP contribution in [0.15, 0.2) is 24.3 Å². The van der Waals surface area contributed by atoms with Crippen molar-refractivity contribution in [1.29, 1.82) is 0 Å². The van der Waals surface area contributed by atoms with Gasteiger partial charge in [0.1, 0.15) is 0 Å². The minimum Gasteiger partial charge on any atom is -0.215 e. The first kappa shape index (κ1) is 13.2. The lowest BCUT2D eigenvalue weighted by Crippen LogP contribution is -2.28. The van der Waals surface area contributed by atoms with Gasteiger partial charge in [0.25, 0.3) is 0 Å². The summed E-state index contributed by atoms with van der Waals surface area (Å²) in [5.41, 5.74) is 1.96. The Labute approximate surface area is 97.9 Å². The molecular formula is C12H19NO2S. The molecule has 0 amide bonds. The number of hydrogen-bond donors (Lipinski definition) is 1.